The maximum atomic E-state index is 13.4. The number of carbonyl (C=O) groups is 1. The Morgan fingerprint density at radius 2 is 1.62 bits per heavy atom. The number of carbonyl (C=O) groups excluding carboxylic acids is 1. The first-order valence-electron chi connectivity index (χ1n) is 10.8. The van der Waals surface area contributed by atoms with E-state index < -0.39 is 16.1 Å². The fourth-order valence-electron chi connectivity index (χ4n) is 3.66. The number of rotatable bonds is 7. The van der Waals surface area contributed by atoms with Crippen molar-refractivity contribution >= 4 is 21.6 Å². The molecule has 0 aliphatic carbocycles. The fourth-order valence-corrected chi connectivity index (χ4v) is 4.74. The van der Waals surface area contributed by atoms with Crippen molar-refractivity contribution in [3.63, 3.8) is 0 Å². The van der Waals surface area contributed by atoms with Gasteiger partial charge in [0, 0.05) is 17.4 Å². The van der Waals surface area contributed by atoms with Gasteiger partial charge in [0.25, 0.3) is 15.9 Å². The second kappa shape index (κ2) is 9.89. The topological polar surface area (TPSA) is 88.2 Å². The van der Waals surface area contributed by atoms with E-state index in [2.05, 4.69) is 15.0 Å². The van der Waals surface area contributed by atoms with E-state index >= 15 is 0 Å². The van der Waals surface area contributed by atoms with Crippen LogP contribution in [0.5, 0.6) is 0 Å². The number of aromatic nitrogens is 1. The quantitative estimate of drug-likeness (QED) is 0.396. The lowest BCUT2D eigenvalue weighted by Gasteiger charge is -2.20. The Bertz CT molecular complexity index is 1370. The molecule has 6 nitrogen and oxygen atoms in total. The molecule has 3 aromatic carbocycles. The van der Waals surface area contributed by atoms with Gasteiger partial charge in [-0.3, -0.25) is 14.5 Å². The number of benzene rings is 3. The molecule has 1 unspecified atom stereocenters. The Labute approximate surface area is 199 Å². The highest BCUT2D eigenvalue weighted by molar-refractivity contribution is 7.92. The summed E-state index contributed by atoms with van der Waals surface area (Å²) < 4.78 is 28.6. The van der Waals surface area contributed by atoms with Gasteiger partial charge < -0.3 is 5.32 Å². The molecule has 0 bridgehead atoms. The van der Waals surface area contributed by atoms with E-state index in [1.54, 1.807) is 37.4 Å². The number of amides is 1. The maximum absolute atomic E-state index is 13.4. The molecule has 2 N–H and O–H groups in total. The summed E-state index contributed by atoms with van der Waals surface area (Å²) >= 11 is 0. The average Bonchev–Trinajstić information content (AvgIpc) is 2.83. The third kappa shape index (κ3) is 5.32. The highest BCUT2D eigenvalue weighted by Gasteiger charge is 2.22. The number of nitrogens with zero attached hydrogens (tertiary/aromatic N) is 1. The predicted molar refractivity (Wildman–Crippen MR) is 133 cm³/mol. The molecule has 172 valence electrons. The minimum absolute atomic E-state index is 0.0128. The van der Waals surface area contributed by atoms with Gasteiger partial charge in [0.15, 0.2) is 0 Å². The molecule has 0 saturated carbocycles. The monoisotopic (exact) mass is 471 g/mol. The van der Waals surface area contributed by atoms with Gasteiger partial charge in [-0.25, -0.2) is 8.42 Å². The molecular formula is C27H25N3O3S. The summed E-state index contributed by atoms with van der Waals surface area (Å²) in [4.78, 5) is 17.8. The molecule has 4 rings (SSSR count). The molecule has 1 atom stereocenters. The van der Waals surface area contributed by atoms with Crippen LogP contribution in [-0.4, -0.2) is 19.3 Å². The molecule has 1 heterocycles. The summed E-state index contributed by atoms with van der Waals surface area (Å²) in [7, 11) is -3.88. The van der Waals surface area contributed by atoms with Gasteiger partial charge in [0.2, 0.25) is 0 Å². The van der Waals surface area contributed by atoms with Crippen molar-refractivity contribution < 1.29 is 13.2 Å². The summed E-state index contributed by atoms with van der Waals surface area (Å²) in [6, 6.07) is 26.2. The minimum atomic E-state index is -3.88. The highest BCUT2D eigenvalue weighted by atomic mass is 32.2. The van der Waals surface area contributed by atoms with Crippen LogP contribution in [0.4, 0.5) is 5.69 Å². The van der Waals surface area contributed by atoms with Crippen LogP contribution < -0.4 is 10.0 Å². The number of sulfonamides is 1. The van der Waals surface area contributed by atoms with Crippen molar-refractivity contribution in [1.82, 2.24) is 10.3 Å². The van der Waals surface area contributed by atoms with Crippen molar-refractivity contribution in [2.24, 2.45) is 0 Å². The summed E-state index contributed by atoms with van der Waals surface area (Å²) in [5.74, 6) is -0.385. The second-order valence-electron chi connectivity index (χ2n) is 8.02. The van der Waals surface area contributed by atoms with Gasteiger partial charge in [-0.2, -0.15) is 0 Å². The van der Waals surface area contributed by atoms with Crippen LogP contribution in [0, 0.1) is 13.8 Å². The fraction of sp³-hybridized carbons (Fsp3) is 0.111. The van der Waals surface area contributed by atoms with Gasteiger partial charge in [-0.1, -0.05) is 54.6 Å². The third-order valence-corrected chi connectivity index (χ3v) is 6.81. The zero-order valence-corrected chi connectivity index (χ0v) is 19.7. The molecule has 34 heavy (non-hydrogen) atoms. The molecule has 0 radical (unpaired) electrons. The Morgan fingerprint density at radius 3 is 2.32 bits per heavy atom. The van der Waals surface area contributed by atoms with E-state index in [1.165, 1.54) is 12.1 Å². The lowest BCUT2D eigenvalue weighted by Crippen LogP contribution is -2.30. The lowest BCUT2D eigenvalue weighted by molar-refractivity contribution is 0.0941. The Morgan fingerprint density at radius 1 is 0.853 bits per heavy atom. The number of hydrogen-bond donors (Lipinski definition) is 2. The van der Waals surface area contributed by atoms with E-state index in [-0.39, 0.29) is 16.4 Å². The predicted octanol–water partition coefficient (Wildman–Crippen LogP) is 5.02. The zero-order chi connectivity index (χ0) is 24.1. The van der Waals surface area contributed by atoms with Gasteiger partial charge >= 0.3 is 0 Å². The van der Waals surface area contributed by atoms with E-state index in [0.29, 0.717) is 16.9 Å². The SMILES string of the molecule is Cc1cccc(NS(=O)(=O)c2ccc(C)c(C(=O)NC(c3ccccc3)c3ccccn3)c2)c1. The van der Waals surface area contributed by atoms with Crippen LogP contribution in [-0.2, 0) is 10.0 Å². The molecule has 1 aromatic heterocycles. The zero-order valence-electron chi connectivity index (χ0n) is 18.9. The van der Waals surface area contributed by atoms with Crippen LogP contribution in [0.15, 0.2) is 102 Å². The number of nitrogens with one attached hydrogen (secondary N) is 2. The number of hydrogen-bond acceptors (Lipinski definition) is 4. The van der Waals surface area contributed by atoms with E-state index in [1.807, 2.05) is 61.5 Å². The van der Waals surface area contributed by atoms with Crippen molar-refractivity contribution in [3.05, 3.63) is 125 Å². The third-order valence-electron chi connectivity index (χ3n) is 5.43. The number of aryl methyl sites for hydroxylation is 2. The Kier molecular flexibility index (Phi) is 6.75. The highest BCUT2D eigenvalue weighted by Crippen LogP contribution is 2.23. The molecular weight excluding hydrogens is 446 g/mol. The van der Waals surface area contributed by atoms with E-state index in [4.69, 9.17) is 0 Å². The minimum Gasteiger partial charge on any atom is -0.340 e. The first-order chi connectivity index (χ1) is 16.3. The van der Waals surface area contributed by atoms with Crippen LogP contribution in [0.1, 0.15) is 38.8 Å². The van der Waals surface area contributed by atoms with Crippen LogP contribution in [0.2, 0.25) is 0 Å². The first-order valence-corrected chi connectivity index (χ1v) is 12.3. The largest absolute Gasteiger partial charge is 0.340 e. The molecule has 1 amide bonds. The van der Waals surface area contributed by atoms with Gasteiger partial charge in [0.1, 0.15) is 0 Å². The molecule has 0 fully saturated rings. The molecule has 4 aromatic rings. The Hall–Kier alpha value is -3.97. The number of anilines is 1. The molecule has 0 saturated heterocycles. The molecule has 0 aliphatic rings. The Balaban J connectivity index is 1.65. The van der Waals surface area contributed by atoms with Crippen molar-refractivity contribution in [3.8, 4) is 0 Å². The summed E-state index contributed by atoms with van der Waals surface area (Å²) in [6.45, 7) is 3.66. The second-order valence-corrected chi connectivity index (χ2v) is 9.71. The summed E-state index contributed by atoms with van der Waals surface area (Å²) in [6.07, 6.45) is 1.67. The van der Waals surface area contributed by atoms with Gasteiger partial charge in [-0.05, 0) is 66.9 Å². The maximum Gasteiger partial charge on any atom is 0.261 e. The number of pyridine rings is 1. The first kappa shape index (κ1) is 23.2. The van der Waals surface area contributed by atoms with Crippen LogP contribution in [0.3, 0.4) is 0 Å². The smallest absolute Gasteiger partial charge is 0.261 e. The van der Waals surface area contributed by atoms with Crippen molar-refractivity contribution in [1.29, 1.82) is 0 Å². The summed E-state index contributed by atoms with van der Waals surface area (Å²) in [5.41, 5.74) is 3.90. The van der Waals surface area contributed by atoms with Gasteiger partial charge in [0.05, 0.1) is 16.6 Å². The molecule has 0 spiro atoms. The lowest BCUT2D eigenvalue weighted by atomic mass is 10.0. The van der Waals surface area contributed by atoms with E-state index in [9.17, 15) is 13.2 Å². The van der Waals surface area contributed by atoms with Crippen LogP contribution in [0.25, 0.3) is 0 Å². The molecule has 0 aliphatic heterocycles. The normalized spacial score (nSPS) is 12.1. The standard InChI is InChI=1S/C27H25N3O3S/c1-19-9-8-12-22(17-19)30-34(32,33)23-15-14-20(2)24(18-23)27(31)29-26(21-10-4-3-5-11-21)25-13-6-7-16-28-25/h3-18,26,30H,1-2H3,(H,29,31). The summed E-state index contributed by atoms with van der Waals surface area (Å²) in [5, 5.41) is 3.03. The van der Waals surface area contributed by atoms with E-state index in [0.717, 1.165) is 11.1 Å². The van der Waals surface area contributed by atoms with Crippen molar-refractivity contribution in [2.45, 2.75) is 24.8 Å². The van der Waals surface area contributed by atoms with Crippen LogP contribution >= 0.6 is 0 Å². The average molecular weight is 472 g/mol. The molecule has 7 heteroatoms. The van der Waals surface area contributed by atoms with Gasteiger partial charge in [-0.15, -0.1) is 0 Å². The van der Waals surface area contributed by atoms with Crippen molar-refractivity contribution in [2.75, 3.05) is 4.72 Å².